The summed E-state index contributed by atoms with van der Waals surface area (Å²) in [6.07, 6.45) is 14.8. The minimum absolute atomic E-state index is 0.539. The van der Waals surface area contributed by atoms with Gasteiger partial charge in [-0.1, -0.05) is 76.0 Å². The quantitative estimate of drug-likeness (QED) is 0.548. The molecule has 0 saturated carbocycles. The smallest absolute Gasteiger partial charge is 0.117 e. The monoisotopic (exact) mass is 316 g/mol. The second kappa shape index (κ2) is 10.4. The number of benzene rings is 1. The van der Waals surface area contributed by atoms with E-state index < -0.39 is 0 Å². The third-order valence-electron chi connectivity index (χ3n) is 4.70. The van der Waals surface area contributed by atoms with Crippen LogP contribution in [-0.4, -0.2) is 15.4 Å². The third-order valence-corrected chi connectivity index (χ3v) is 4.70. The van der Waals surface area contributed by atoms with Crippen molar-refractivity contribution in [3.8, 4) is 0 Å². The summed E-state index contributed by atoms with van der Waals surface area (Å²) in [6.45, 7) is 2.81. The number of unbranched alkanes of at least 4 members (excludes halogenated alkanes) is 9. The molecule has 0 saturated heterocycles. The maximum Gasteiger partial charge on any atom is 0.117 e. The molecule has 0 unspecified atom stereocenters. The molecular formula is C19H32N4. The van der Waals surface area contributed by atoms with E-state index in [1.54, 1.807) is 0 Å². The molecule has 1 heterocycles. The third kappa shape index (κ3) is 5.61. The predicted molar refractivity (Wildman–Crippen MR) is 97.3 cm³/mol. The van der Waals surface area contributed by atoms with Crippen LogP contribution in [-0.2, 0) is 13.0 Å². The number of aromatic amines is 1. The molecule has 0 radical (unpaired) electrons. The SMILES string of the molecule is CCCCCCCCCCCCc1ccc2[nH]nnc2c1CN. The van der Waals surface area contributed by atoms with Crippen LogP contribution in [0.3, 0.4) is 0 Å². The molecule has 0 aliphatic heterocycles. The number of aromatic nitrogens is 3. The fourth-order valence-electron chi connectivity index (χ4n) is 3.28. The number of rotatable bonds is 12. The Labute approximate surface area is 140 Å². The van der Waals surface area contributed by atoms with Crippen LogP contribution in [0.1, 0.15) is 82.3 Å². The Morgan fingerprint density at radius 1 is 0.913 bits per heavy atom. The highest BCUT2D eigenvalue weighted by molar-refractivity contribution is 5.78. The highest BCUT2D eigenvalue weighted by Crippen LogP contribution is 2.21. The zero-order chi connectivity index (χ0) is 16.3. The molecule has 2 rings (SSSR count). The Hall–Kier alpha value is -1.42. The fourth-order valence-corrected chi connectivity index (χ4v) is 3.28. The summed E-state index contributed by atoms with van der Waals surface area (Å²) >= 11 is 0. The largest absolute Gasteiger partial charge is 0.326 e. The van der Waals surface area contributed by atoms with Gasteiger partial charge < -0.3 is 5.73 Å². The minimum Gasteiger partial charge on any atom is -0.326 e. The molecule has 0 amide bonds. The van der Waals surface area contributed by atoms with E-state index in [-0.39, 0.29) is 0 Å². The zero-order valence-corrected chi connectivity index (χ0v) is 14.6. The Kier molecular flexibility index (Phi) is 8.08. The normalized spacial score (nSPS) is 11.4. The van der Waals surface area contributed by atoms with Gasteiger partial charge >= 0.3 is 0 Å². The standard InChI is InChI=1S/C19H32N4/c1-2-3-4-5-6-7-8-9-10-11-12-16-13-14-18-19(17(16)15-20)22-23-21-18/h13-14H,2-12,15,20H2,1H3,(H,21,22,23). The summed E-state index contributed by atoms with van der Waals surface area (Å²) in [6, 6.07) is 4.25. The van der Waals surface area contributed by atoms with Crippen LogP contribution in [0.4, 0.5) is 0 Å². The first-order valence-electron chi connectivity index (χ1n) is 9.38. The predicted octanol–water partition coefficient (Wildman–Crippen LogP) is 4.88. The number of H-pyrrole nitrogens is 1. The van der Waals surface area contributed by atoms with Crippen molar-refractivity contribution in [1.29, 1.82) is 0 Å². The molecule has 1 aromatic carbocycles. The lowest BCUT2D eigenvalue weighted by Crippen LogP contribution is -2.03. The topological polar surface area (TPSA) is 67.6 Å². The molecule has 0 aliphatic rings. The molecule has 0 fully saturated rings. The van der Waals surface area contributed by atoms with E-state index in [1.165, 1.54) is 69.8 Å². The van der Waals surface area contributed by atoms with Crippen LogP contribution in [0.15, 0.2) is 12.1 Å². The summed E-state index contributed by atoms with van der Waals surface area (Å²) in [7, 11) is 0. The zero-order valence-electron chi connectivity index (χ0n) is 14.6. The molecule has 23 heavy (non-hydrogen) atoms. The second-order valence-electron chi connectivity index (χ2n) is 6.55. The van der Waals surface area contributed by atoms with Crippen molar-refractivity contribution < 1.29 is 0 Å². The van der Waals surface area contributed by atoms with Crippen molar-refractivity contribution in [2.45, 2.75) is 84.1 Å². The van der Waals surface area contributed by atoms with Crippen LogP contribution >= 0.6 is 0 Å². The lowest BCUT2D eigenvalue weighted by Gasteiger charge is -2.08. The molecule has 0 aliphatic carbocycles. The summed E-state index contributed by atoms with van der Waals surface area (Å²) in [5.41, 5.74) is 10.3. The van der Waals surface area contributed by atoms with Gasteiger partial charge in [0.2, 0.25) is 0 Å². The Balaban J connectivity index is 1.63. The molecule has 0 bridgehead atoms. The van der Waals surface area contributed by atoms with E-state index in [0.29, 0.717) is 6.54 Å². The van der Waals surface area contributed by atoms with Gasteiger partial charge in [-0.15, -0.1) is 5.10 Å². The Bertz CT molecular complexity index is 561. The summed E-state index contributed by atoms with van der Waals surface area (Å²) in [5.74, 6) is 0. The van der Waals surface area contributed by atoms with Crippen molar-refractivity contribution in [2.75, 3.05) is 0 Å². The van der Waals surface area contributed by atoms with E-state index >= 15 is 0 Å². The van der Waals surface area contributed by atoms with E-state index in [4.69, 9.17) is 5.73 Å². The lowest BCUT2D eigenvalue weighted by molar-refractivity contribution is 0.556. The summed E-state index contributed by atoms with van der Waals surface area (Å²) < 4.78 is 0. The van der Waals surface area contributed by atoms with Crippen LogP contribution in [0.2, 0.25) is 0 Å². The fraction of sp³-hybridized carbons (Fsp3) is 0.684. The number of nitrogens with one attached hydrogen (secondary N) is 1. The van der Waals surface area contributed by atoms with E-state index in [9.17, 15) is 0 Å². The molecule has 1 aromatic heterocycles. The number of hydrogen-bond donors (Lipinski definition) is 2. The minimum atomic E-state index is 0.539. The van der Waals surface area contributed by atoms with Crippen LogP contribution in [0, 0.1) is 0 Å². The van der Waals surface area contributed by atoms with Crippen molar-refractivity contribution in [3.63, 3.8) is 0 Å². The van der Waals surface area contributed by atoms with Gasteiger partial charge in [0.1, 0.15) is 5.52 Å². The van der Waals surface area contributed by atoms with E-state index in [2.05, 4.69) is 34.5 Å². The average molecular weight is 316 g/mol. The first kappa shape index (κ1) is 17.9. The first-order chi connectivity index (χ1) is 11.4. The van der Waals surface area contributed by atoms with Crippen molar-refractivity contribution in [3.05, 3.63) is 23.3 Å². The van der Waals surface area contributed by atoms with Crippen molar-refractivity contribution in [2.24, 2.45) is 5.73 Å². The number of fused-ring (bicyclic) bond motifs is 1. The van der Waals surface area contributed by atoms with Crippen LogP contribution in [0.25, 0.3) is 11.0 Å². The van der Waals surface area contributed by atoms with Gasteiger partial charge in [-0.05, 0) is 30.0 Å². The lowest BCUT2D eigenvalue weighted by atomic mass is 9.99. The highest BCUT2D eigenvalue weighted by Gasteiger charge is 2.08. The average Bonchev–Trinajstić information content (AvgIpc) is 3.04. The summed E-state index contributed by atoms with van der Waals surface area (Å²) in [4.78, 5) is 0. The number of nitrogens with two attached hydrogens (primary N) is 1. The molecule has 4 nitrogen and oxygen atoms in total. The van der Waals surface area contributed by atoms with Gasteiger partial charge in [0, 0.05) is 6.54 Å². The maximum atomic E-state index is 5.91. The van der Waals surface area contributed by atoms with Gasteiger partial charge in [0.25, 0.3) is 0 Å². The molecule has 0 spiro atoms. The van der Waals surface area contributed by atoms with Crippen LogP contribution in [0.5, 0.6) is 0 Å². The highest BCUT2D eigenvalue weighted by atomic mass is 15.3. The Morgan fingerprint density at radius 2 is 1.57 bits per heavy atom. The van der Waals surface area contributed by atoms with Gasteiger partial charge in [0.05, 0.1) is 5.52 Å². The number of nitrogens with zero attached hydrogens (tertiary/aromatic N) is 2. The van der Waals surface area contributed by atoms with Crippen molar-refractivity contribution in [1.82, 2.24) is 15.4 Å². The molecule has 4 heteroatoms. The molecular weight excluding hydrogens is 284 g/mol. The van der Waals surface area contributed by atoms with Gasteiger partial charge in [0.15, 0.2) is 0 Å². The maximum absolute atomic E-state index is 5.91. The number of hydrogen-bond acceptors (Lipinski definition) is 3. The number of aryl methyl sites for hydroxylation is 1. The molecule has 128 valence electrons. The van der Waals surface area contributed by atoms with Crippen LogP contribution < -0.4 is 5.73 Å². The molecule has 2 aromatic rings. The van der Waals surface area contributed by atoms with E-state index in [1.807, 2.05) is 0 Å². The van der Waals surface area contributed by atoms with Gasteiger partial charge in [-0.3, -0.25) is 5.10 Å². The Morgan fingerprint density at radius 3 is 2.22 bits per heavy atom. The van der Waals surface area contributed by atoms with Gasteiger partial charge in [-0.2, -0.15) is 0 Å². The van der Waals surface area contributed by atoms with E-state index in [0.717, 1.165) is 23.0 Å². The van der Waals surface area contributed by atoms with Crippen molar-refractivity contribution >= 4 is 11.0 Å². The first-order valence-corrected chi connectivity index (χ1v) is 9.38. The summed E-state index contributed by atoms with van der Waals surface area (Å²) in [5, 5.41) is 11.0. The second-order valence-corrected chi connectivity index (χ2v) is 6.55. The molecule has 0 atom stereocenters. The molecule has 3 N–H and O–H groups in total. The van der Waals surface area contributed by atoms with Gasteiger partial charge in [-0.25, -0.2) is 0 Å².